The molecule has 0 spiro atoms. The summed E-state index contributed by atoms with van der Waals surface area (Å²) in [7, 11) is 0. The van der Waals surface area contributed by atoms with E-state index < -0.39 is 17.4 Å². The zero-order chi connectivity index (χ0) is 16.5. The van der Waals surface area contributed by atoms with E-state index in [2.05, 4.69) is 0 Å². The smallest absolute Gasteiger partial charge is 0.323 e. The van der Waals surface area contributed by atoms with Crippen LogP contribution in [0.15, 0.2) is 11.1 Å². The molecule has 2 aliphatic rings. The van der Waals surface area contributed by atoms with Gasteiger partial charge in [-0.2, -0.15) is 0 Å². The van der Waals surface area contributed by atoms with Crippen LogP contribution in [0.3, 0.4) is 0 Å². The zero-order valence-electron chi connectivity index (χ0n) is 13.7. The molecule has 0 radical (unpaired) electrons. The van der Waals surface area contributed by atoms with E-state index in [0.29, 0.717) is 19.3 Å². The molecule has 0 heterocycles. The lowest BCUT2D eigenvalue weighted by molar-refractivity contribution is -0.172. The van der Waals surface area contributed by atoms with Crippen LogP contribution in [0, 0.1) is 17.3 Å². The molecule has 2 saturated carbocycles. The standard InChI is InChI=1S/C17H24O5/c1-5-21-15(19)17(16(20)22-6-2)8-11-7-13(18)14(10(3)4)12(11)9-17/h11-12H,5-9H2,1-4H3/t11-,12+/m0/s1. The van der Waals surface area contributed by atoms with E-state index in [1.54, 1.807) is 13.8 Å². The average molecular weight is 308 g/mol. The molecule has 0 aromatic carbocycles. The Kier molecular flexibility index (Phi) is 4.73. The van der Waals surface area contributed by atoms with Gasteiger partial charge >= 0.3 is 11.9 Å². The Hall–Kier alpha value is -1.65. The van der Waals surface area contributed by atoms with Gasteiger partial charge in [-0.3, -0.25) is 14.4 Å². The summed E-state index contributed by atoms with van der Waals surface area (Å²) in [4.78, 5) is 37.0. The molecule has 5 heteroatoms. The third-order valence-corrected chi connectivity index (χ3v) is 4.74. The molecule has 0 bridgehead atoms. The van der Waals surface area contributed by atoms with Crippen LogP contribution in [-0.2, 0) is 23.9 Å². The maximum Gasteiger partial charge on any atom is 0.323 e. The van der Waals surface area contributed by atoms with E-state index >= 15 is 0 Å². The highest BCUT2D eigenvalue weighted by Crippen LogP contribution is 2.55. The van der Waals surface area contributed by atoms with E-state index in [4.69, 9.17) is 9.47 Å². The van der Waals surface area contributed by atoms with Gasteiger partial charge < -0.3 is 9.47 Å². The van der Waals surface area contributed by atoms with Crippen LogP contribution in [0.25, 0.3) is 0 Å². The molecule has 0 N–H and O–H groups in total. The molecule has 0 aromatic rings. The van der Waals surface area contributed by atoms with Crippen molar-refractivity contribution in [3.8, 4) is 0 Å². The fourth-order valence-electron chi connectivity index (χ4n) is 3.93. The Morgan fingerprint density at radius 1 is 1.09 bits per heavy atom. The van der Waals surface area contributed by atoms with Crippen molar-refractivity contribution in [2.45, 2.75) is 47.0 Å². The van der Waals surface area contributed by atoms with Crippen molar-refractivity contribution in [1.82, 2.24) is 0 Å². The molecule has 0 amide bonds. The SMILES string of the molecule is CCOC(=O)C1(C(=O)OCC)C[C@@H]2CC(=O)C(=C(C)C)[C@@H]2C1. The number of rotatable bonds is 4. The molecule has 0 saturated heterocycles. The quantitative estimate of drug-likeness (QED) is 0.453. The lowest BCUT2D eigenvalue weighted by atomic mass is 9.82. The number of carbonyl (C=O) groups excluding carboxylic acids is 3. The summed E-state index contributed by atoms with van der Waals surface area (Å²) in [5.74, 6) is -0.874. The molecule has 2 rings (SSSR count). The Bertz CT molecular complexity index is 509. The minimum Gasteiger partial charge on any atom is -0.465 e. The van der Waals surface area contributed by atoms with Gasteiger partial charge in [-0.15, -0.1) is 0 Å². The van der Waals surface area contributed by atoms with Crippen LogP contribution >= 0.6 is 0 Å². The van der Waals surface area contributed by atoms with Gasteiger partial charge in [0.2, 0.25) is 0 Å². The third kappa shape index (κ3) is 2.57. The largest absolute Gasteiger partial charge is 0.465 e. The number of fused-ring (bicyclic) bond motifs is 1. The van der Waals surface area contributed by atoms with Crippen molar-refractivity contribution in [1.29, 1.82) is 0 Å². The first kappa shape index (κ1) is 16.7. The van der Waals surface area contributed by atoms with Gasteiger partial charge in [0, 0.05) is 6.42 Å². The second kappa shape index (κ2) is 6.23. The van der Waals surface area contributed by atoms with Gasteiger partial charge in [0.25, 0.3) is 0 Å². The number of hydrogen-bond acceptors (Lipinski definition) is 5. The van der Waals surface area contributed by atoms with Crippen molar-refractivity contribution in [3.05, 3.63) is 11.1 Å². The molecule has 2 aliphatic carbocycles. The number of Topliss-reactive ketones (excluding diaryl/α,β-unsaturated/α-hetero) is 1. The van der Waals surface area contributed by atoms with E-state index in [9.17, 15) is 14.4 Å². The Labute approximate surface area is 131 Å². The second-order valence-corrected chi connectivity index (χ2v) is 6.34. The minimum atomic E-state index is -1.25. The summed E-state index contributed by atoms with van der Waals surface area (Å²) in [5, 5.41) is 0. The Balaban J connectivity index is 2.36. The van der Waals surface area contributed by atoms with Crippen molar-refractivity contribution in [2.75, 3.05) is 13.2 Å². The summed E-state index contributed by atoms with van der Waals surface area (Å²) in [5.41, 5.74) is 0.518. The average Bonchev–Trinajstić information content (AvgIpc) is 2.92. The van der Waals surface area contributed by atoms with Gasteiger partial charge in [0.15, 0.2) is 11.2 Å². The van der Waals surface area contributed by atoms with Crippen LogP contribution in [0.4, 0.5) is 0 Å². The highest BCUT2D eigenvalue weighted by Gasteiger charge is 2.60. The lowest BCUT2D eigenvalue weighted by Crippen LogP contribution is -2.40. The molecule has 2 fully saturated rings. The highest BCUT2D eigenvalue weighted by molar-refractivity contribution is 6.03. The lowest BCUT2D eigenvalue weighted by Gasteiger charge is -2.25. The van der Waals surface area contributed by atoms with Gasteiger partial charge in [-0.1, -0.05) is 5.57 Å². The van der Waals surface area contributed by atoms with Crippen LogP contribution < -0.4 is 0 Å². The maximum atomic E-state index is 12.4. The number of ketones is 1. The number of esters is 2. The molecule has 122 valence electrons. The third-order valence-electron chi connectivity index (χ3n) is 4.74. The number of hydrogen-bond donors (Lipinski definition) is 0. The van der Waals surface area contributed by atoms with E-state index in [1.807, 2.05) is 13.8 Å². The minimum absolute atomic E-state index is 0.0335. The summed E-state index contributed by atoms with van der Waals surface area (Å²) in [6.07, 6.45) is 1.07. The van der Waals surface area contributed by atoms with Crippen molar-refractivity contribution < 1.29 is 23.9 Å². The van der Waals surface area contributed by atoms with Crippen LogP contribution in [0.2, 0.25) is 0 Å². The number of allylic oxidation sites excluding steroid dienone is 2. The van der Waals surface area contributed by atoms with Gasteiger partial charge in [-0.25, -0.2) is 0 Å². The Morgan fingerprint density at radius 2 is 1.64 bits per heavy atom. The van der Waals surface area contributed by atoms with Crippen molar-refractivity contribution >= 4 is 17.7 Å². The first-order chi connectivity index (χ1) is 10.4. The Morgan fingerprint density at radius 3 is 2.09 bits per heavy atom. The molecule has 2 atom stereocenters. The first-order valence-corrected chi connectivity index (χ1v) is 7.92. The van der Waals surface area contributed by atoms with Crippen molar-refractivity contribution in [2.24, 2.45) is 17.3 Å². The van der Waals surface area contributed by atoms with Gasteiger partial charge in [0.1, 0.15) is 0 Å². The maximum absolute atomic E-state index is 12.4. The zero-order valence-corrected chi connectivity index (χ0v) is 13.7. The summed E-state index contributed by atoms with van der Waals surface area (Å²) >= 11 is 0. The molecular formula is C17H24O5. The number of carbonyl (C=O) groups is 3. The predicted octanol–water partition coefficient (Wildman–Crippen LogP) is 2.43. The van der Waals surface area contributed by atoms with Gasteiger partial charge in [0.05, 0.1) is 13.2 Å². The molecule has 0 aromatic heterocycles. The predicted molar refractivity (Wildman–Crippen MR) is 79.9 cm³/mol. The highest BCUT2D eigenvalue weighted by atomic mass is 16.6. The summed E-state index contributed by atoms with van der Waals surface area (Å²) < 4.78 is 10.3. The van der Waals surface area contributed by atoms with Crippen LogP contribution in [-0.4, -0.2) is 30.9 Å². The van der Waals surface area contributed by atoms with Crippen molar-refractivity contribution in [3.63, 3.8) is 0 Å². The summed E-state index contributed by atoms with van der Waals surface area (Å²) in [6.45, 7) is 7.71. The normalized spacial score (nSPS) is 25.8. The fourth-order valence-corrected chi connectivity index (χ4v) is 3.93. The monoisotopic (exact) mass is 308 g/mol. The van der Waals surface area contributed by atoms with E-state index in [-0.39, 0.29) is 30.8 Å². The first-order valence-electron chi connectivity index (χ1n) is 7.92. The molecule has 0 aliphatic heterocycles. The molecular weight excluding hydrogens is 284 g/mol. The van der Waals surface area contributed by atoms with E-state index in [1.165, 1.54) is 0 Å². The number of ether oxygens (including phenoxy) is 2. The van der Waals surface area contributed by atoms with E-state index in [0.717, 1.165) is 11.1 Å². The van der Waals surface area contributed by atoms with Crippen LogP contribution in [0.1, 0.15) is 47.0 Å². The topological polar surface area (TPSA) is 69.7 Å². The second-order valence-electron chi connectivity index (χ2n) is 6.34. The molecule has 0 unspecified atom stereocenters. The molecule has 22 heavy (non-hydrogen) atoms. The van der Waals surface area contributed by atoms with Gasteiger partial charge in [-0.05, 0) is 57.9 Å². The summed E-state index contributed by atoms with van der Waals surface area (Å²) in [6, 6.07) is 0. The van der Waals surface area contributed by atoms with Crippen LogP contribution in [0.5, 0.6) is 0 Å². The fraction of sp³-hybridized carbons (Fsp3) is 0.706. The molecule has 5 nitrogen and oxygen atoms in total.